The lowest BCUT2D eigenvalue weighted by atomic mass is 9.94. The minimum absolute atomic E-state index is 0.334. The van der Waals surface area contributed by atoms with Gasteiger partial charge in [0.1, 0.15) is 18.5 Å². The van der Waals surface area contributed by atoms with E-state index in [0.29, 0.717) is 13.2 Å². The predicted octanol–water partition coefficient (Wildman–Crippen LogP) is 2.21. The minimum Gasteiger partial charge on any atom is -0.491 e. The lowest BCUT2D eigenvalue weighted by Gasteiger charge is -2.40. The fourth-order valence-electron chi connectivity index (χ4n) is 5.05. The van der Waals surface area contributed by atoms with E-state index in [1.807, 2.05) is 6.07 Å². The molecule has 0 radical (unpaired) electrons. The standard InChI is InChI=1S/C24H39N3O3/c28-23(19-26-13-15-29-16-14-26)20-30-24-8-4-5-21(17-24)18-25-9-11-27(12-10-25)22-6-2-1-3-7-22/h4-5,8,17,22-23,28H,1-3,6-7,9-16,18-20H2/t23-/m0/s1. The van der Waals surface area contributed by atoms with Crippen molar-refractivity contribution in [1.82, 2.24) is 14.7 Å². The van der Waals surface area contributed by atoms with E-state index in [1.54, 1.807) is 0 Å². The molecule has 1 atom stereocenters. The summed E-state index contributed by atoms with van der Waals surface area (Å²) in [7, 11) is 0. The summed E-state index contributed by atoms with van der Waals surface area (Å²) in [6, 6.07) is 9.21. The third kappa shape index (κ3) is 6.66. The van der Waals surface area contributed by atoms with Gasteiger partial charge in [-0.3, -0.25) is 14.7 Å². The summed E-state index contributed by atoms with van der Waals surface area (Å²) in [6.45, 7) is 9.96. The number of benzene rings is 1. The zero-order valence-electron chi connectivity index (χ0n) is 18.4. The van der Waals surface area contributed by atoms with Crippen LogP contribution in [-0.2, 0) is 11.3 Å². The van der Waals surface area contributed by atoms with E-state index in [4.69, 9.17) is 9.47 Å². The van der Waals surface area contributed by atoms with Gasteiger partial charge >= 0.3 is 0 Å². The van der Waals surface area contributed by atoms with E-state index >= 15 is 0 Å². The maximum absolute atomic E-state index is 10.3. The van der Waals surface area contributed by atoms with E-state index < -0.39 is 6.10 Å². The number of hydrogen-bond donors (Lipinski definition) is 1. The quantitative estimate of drug-likeness (QED) is 0.700. The topological polar surface area (TPSA) is 48.4 Å². The molecule has 3 aliphatic rings. The van der Waals surface area contributed by atoms with Crippen LogP contribution in [0, 0.1) is 0 Å². The Morgan fingerprint density at radius 2 is 1.73 bits per heavy atom. The number of hydrogen-bond acceptors (Lipinski definition) is 6. The summed E-state index contributed by atoms with van der Waals surface area (Å²) in [4.78, 5) is 7.53. The van der Waals surface area contributed by atoms with Gasteiger partial charge < -0.3 is 14.6 Å². The molecule has 2 saturated heterocycles. The van der Waals surface area contributed by atoms with Gasteiger partial charge in [0.05, 0.1) is 13.2 Å². The fraction of sp³-hybridized carbons (Fsp3) is 0.750. The van der Waals surface area contributed by atoms with Gasteiger partial charge in [0.2, 0.25) is 0 Å². The summed E-state index contributed by atoms with van der Waals surface area (Å²) in [5, 5.41) is 10.3. The molecule has 0 bridgehead atoms. The van der Waals surface area contributed by atoms with E-state index in [2.05, 4.69) is 32.9 Å². The van der Waals surface area contributed by atoms with Crippen LogP contribution in [0.4, 0.5) is 0 Å². The molecule has 1 aliphatic carbocycles. The molecule has 1 aromatic rings. The van der Waals surface area contributed by atoms with Crippen molar-refractivity contribution in [2.45, 2.75) is 50.8 Å². The van der Waals surface area contributed by atoms with Crippen LogP contribution in [0.25, 0.3) is 0 Å². The highest BCUT2D eigenvalue weighted by atomic mass is 16.5. The Hall–Kier alpha value is -1.18. The number of β-amino-alcohol motifs (C(OH)–C–C–N with tert-alkyl or cyclic N) is 1. The molecule has 2 heterocycles. The van der Waals surface area contributed by atoms with Crippen LogP contribution in [0.5, 0.6) is 5.75 Å². The Balaban J connectivity index is 1.19. The van der Waals surface area contributed by atoms with Crippen LogP contribution >= 0.6 is 0 Å². The number of piperazine rings is 1. The molecular weight excluding hydrogens is 378 g/mol. The Morgan fingerprint density at radius 1 is 0.967 bits per heavy atom. The number of aliphatic hydroxyl groups excluding tert-OH is 1. The number of nitrogens with zero attached hydrogens (tertiary/aromatic N) is 3. The molecule has 0 spiro atoms. The molecule has 0 amide bonds. The van der Waals surface area contributed by atoms with Gasteiger partial charge in [0, 0.05) is 58.4 Å². The van der Waals surface area contributed by atoms with E-state index in [1.165, 1.54) is 50.8 Å². The predicted molar refractivity (Wildman–Crippen MR) is 119 cm³/mol. The summed E-state index contributed by atoms with van der Waals surface area (Å²) in [6.07, 6.45) is 6.59. The van der Waals surface area contributed by atoms with Crippen LogP contribution in [0.3, 0.4) is 0 Å². The molecule has 30 heavy (non-hydrogen) atoms. The second kappa shape index (κ2) is 11.4. The molecule has 0 aromatic heterocycles. The Morgan fingerprint density at radius 3 is 2.50 bits per heavy atom. The minimum atomic E-state index is -0.473. The van der Waals surface area contributed by atoms with Gasteiger partial charge in [-0.1, -0.05) is 31.4 Å². The fourth-order valence-corrected chi connectivity index (χ4v) is 5.05. The van der Waals surface area contributed by atoms with Crippen LogP contribution < -0.4 is 4.74 Å². The van der Waals surface area contributed by atoms with Gasteiger partial charge in [-0.25, -0.2) is 0 Å². The van der Waals surface area contributed by atoms with Crippen LogP contribution in [0.1, 0.15) is 37.7 Å². The summed E-state index contributed by atoms with van der Waals surface area (Å²) >= 11 is 0. The normalized spacial score (nSPS) is 24.0. The third-order valence-electron chi connectivity index (χ3n) is 6.82. The molecular formula is C24H39N3O3. The van der Waals surface area contributed by atoms with Crippen molar-refractivity contribution in [1.29, 1.82) is 0 Å². The molecule has 168 valence electrons. The Kier molecular flexibility index (Phi) is 8.40. The van der Waals surface area contributed by atoms with Gasteiger partial charge in [-0.05, 0) is 30.5 Å². The summed E-state index contributed by atoms with van der Waals surface area (Å²) < 4.78 is 11.3. The van der Waals surface area contributed by atoms with Crippen molar-refractivity contribution < 1.29 is 14.6 Å². The molecule has 3 fully saturated rings. The molecule has 6 heteroatoms. The maximum Gasteiger partial charge on any atom is 0.119 e. The Bertz CT molecular complexity index is 624. The van der Waals surface area contributed by atoms with Crippen LogP contribution in [0.2, 0.25) is 0 Å². The second-order valence-corrected chi connectivity index (χ2v) is 9.13. The average Bonchev–Trinajstić information content (AvgIpc) is 2.80. The first-order valence-corrected chi connectivity index (χ1v) is 11.9. The highest BCUT2D eigenvalue weighted by Gasteiger charge is 2.25. The molecule has 1 aromatic carbocycles. The first kappa shape index (κ1) is 22.0. The van der Waals surface area contributed by atoms with E-state index in [-0.39, 0.29) is 0 Å². The third-order valence-corrected chi connectivity index (χ3v) is 6.82. The molecule has 1 saturated carbocycles. The lowest BCUT2D eigenvalue weighted by Crippen LogP contribution is -2.50. The SMILES string of the molecule is O[C@H](COc1cccc(CN2CCN(C3CCCCC3)CC2)c1)CN1CCOCC1. The first-order valence-electron chi connectivity index (χ1n) is 11.9. The highest BCUT2D eigenvalue weighted by Crippen LogP contribution is 2.24. The number of rotatable bonds is 8. The molecule has 6 nitrogen and oxygen atoms in total. The number of ether oxygens (including phenoxy) is 2. The summed E-state index contributed by atoms with van der Waals surface area (Å²) in [5.74, 6) is 0.856. The largest absolute Gasteiger partial charge is 0.491 e. The van der Waals surface area contributed by atoms with Crippen molar-refractivity contribution in [3.63, 3.8) is 0 Å². The van der Waals surface area contributed by atoms with Crippen LogP contribution in [0.15, 0.2) is 24.3 Å². The second-order valence-electron chi connectivity index (χ2n) is 9.13. The van der Waals surface area contributed by atoms with Gasteiger partial charge in [0.15, 0.2) is 0 Å². The molecule has 2 aliphatic heterocycles. The molecule has 4 rings (SSSR count). The van der Waals surface area contributed by atoms with E-state index in [9.17, 15) is 5.11 Å². The Labute approximate surface area is 181 Å². The van der Waals surface area contributed by atoms with Crippen molar-refractivity contribution in [3.8, 4) is 5.75 Å². The highest BCUT2D eigenvalue weighted by molar-refractivity contribution is 5.28. The summed E-state index contributed by atoms with van der Waals surface area (Å²) in [5.41, 5.74) is 1.29. The van der Waals surface area contributed by atoms with Gasteiger partial charge in [-0.2, -0.15) is 0 Å². The van der Waals surface area contributed by atoms with Crippen molar-refractivity contribution in [2.75, 3.05) is 65.6 Å². The van der Waals surface area contributed by atoms with Crippen molar-refractivity contribution in [3.05, 3.63) is 29.8 Å². The zero-order valence-corrected chi connectivity index (χ0v) is 18.4. The monoisotopic (exact) mass is 417 g/mol. The van der Waals surface area contributed by atoms with Gasteiger partial charge in [0.25, 0.3) is 0 Å². The van der Waals surface area contributed by atoms with Crippen molar-refractivity contribution in [2.24, 2.45) is 0 Å². The number of aliphatic hydroxyl groups is 1. The molecule has 0 unspecified atom stereocenters. The average molecular weight is 418 g/mol. The first-order chi connectivity index (χ1) is 14.8. The zero-order chi connectivity index (χ0) is 20.6. The number of morpholine rings is 1. The lowest BCUT2D eigenvalue weighted by molar-refractivity contribution is 0.00464. The van der Waals surface area contributed by atoms with Crippen molar-refractivity contribution >= 4 is 0 Å². The molecule has 1 N–H and O–H groups in total. The van der Waals surface area contributed by atoms with Crippen LogP contribution in [-0.4, -0.2) is 97.6 Å². The maximum atomic E-state index is 10.3. The van der Waals surface area contributed by atoms with E-state index in [0.717, 1.165) is 57.7 Å². The van der Waals surface area contributed by atoms with Gasteiger partial charge in [-0.15, -0.1) is 0 Å². The smallest absolute Gasteiger partial charge is 0.119 e.